The van der Waals surface area contributed by atoms with Gasteiger partial charge < -0.3 is 14.6 Å². The Morgan fingerprint density at radius 3 is 2.29 bits per heavy atom. The molecule has 3 aromatic carbocycles. The molecule has 0 aromatic heterocycles. The lowest BCUT2D eigenvalue weighted by atomic mass is 9.88. The van der Waals surface area contributed by atoms with Crippen molar-refractivity contribution in [1.29, 1.82) is 0 Å². The predicted octanol–water partition coefficient (Wildman–Crippen LogP) is 5.46. The van der Waals surface area contributed by atoms with Crippen molar-refractivity contribution in [1.82, 2.24) is 0 Å². The van der Waals surface area contributed by atoms with Crippen LogP contribution in [0.1, 0.15) is 50.5 Å². The molecule has 4 nitrogen and oxygen atoms in total. The molecule has 0 radical (unpaired) electrons. The largest absolute Gasteiger partial charge is 0.497 e. The van der Waals surface area contributed by atoms with Crippen molar-refractivity contribution in [2.45, 2.75) is 38.0 Å². The van der Waals surface area contributed by atoms with Gasteiger partial charge >= 0.3 is 5.97 Å². The van der Waals surface area contributed by atoms with E-state index in [1.54, 1.807) is 26.4 Å². The van der Waals surface area contributed by atoms with Crippen molar-refractivity contribution in [3.05, 3.63) is 94.0 Å². The van der Waals surface area contributed by atoms with Crippen molar-refractivity contribution in [2.75, 3.05) is 14.2 Å². The minimum Gasteiger partial charge on any atom is -0.497 e. The molecule has 0 saturated heterocycles. The van der Waals surface area contributed by atoms with E-state index in [4.69, 9.17) is 14.6 Å². The summed E-state index contributed by atoms with van der Waals surface area (Å²) in [5.41, 5.74) is 7.07. The molecule has 4 rings (SSSR count). The zero-order chi connectivity index (χ0) is 21.8. The highest BCUT2D eigenvalue weighted by Crippen LogP contribution is 2.39. The Labute approximate surface area is 183 Å². The van der Waals surface area contributed by atoms with Crippen LogP contribution in [0.5, 0.6) is 11.5 Å². The lowest BCUT2D eigenvalue weighted by Gasteiger charge is -2.17. The first-order valence-electron chi connectivity index (χ1n) is 10.7. The fourth-order valence-corrected chi connectivity index (χ4v) is 4.67. The van der Waals surface area contributed by atoms with Gasteiger partial charge in [0, 0.05) is 6.07 Å². The number of carboxylic acids is 1. The number of rotatable bonds is 8. The van der Waals surface area contributed by atoms with E-state index in [1.807, 2.05) is 18.2 Å². The van der Waals surface area contributed by atoms with Crippen LogP contribution >= 0.6 is 0 Å². The Morgan fingerprint density at radius 1 is 0.935 bits per heavy atom. The van der Waals surface area contributed by atoms with E-state index in [0.29, 0.717) is 11.5 Å². The van der Waals surface area contributed by atoms with Crippen LogP contribution in [-0.4, -0.2) is 25.3 Å². The summed E-state index contributed by atoms with van der Waals surface area (Å²) in [5.74, 6) is 1.25. The van der Waals surface area contributed by atoms with Crippen LogP contribution in [0.2, 0.25) is 0 Å². The minimum absolute atomic E-state index is 0.332. The van der Waals surface area contributed by atoms with Gasteiger partial charge in [0.25, 0.3) is 0 Å². The van der Waals surface area contributed by atoms with Crippen LogP contribution < -0.4 is 9.47 Å². The highest BCUT2D eigenvalue weighted by atomic mass is 16.5. The first-order valence-corrected chi connectivity index (χ1v) is 10.7. The third kappa shape index (κ3) is 4.74. The molecule has 160 valence electrons. The van der Waals surface area contributed by atoms with Crippen molar-refractivity contribution >= 4 is 5.97 Å². The number of fused-ring (bicyclic) bond motifs is 1. The summed E-state index contributed by atoms with van der Waals surface area (Å²) in [5, 5.41) is 9.09. The summed E-state index contributed by atoms with van der Waals surface area (Å²) in [6.45, 7) is 0. The monoisotopic (exact) mass is 416 g/mol. The van der Waals surface area contributed by atoms with Crippen LogP contribution in [-0.2, 0) is 25.7 Å². The molecule has 0 amide bonds. The molecule has 0 spiro atoms. The molecule has 0 heterocycles. The molecule has 1 unspecified atom stereocenters. The number of hydrogen-bond donors (Lipinski definition) is 1. The average molecular weight is 417 g/mol. The molecule has 1 N–H and O–H groups in total. The maximum Gasteiger partial charge on any atom is 0.335 e. The Morgan fingerprint density at radius 2 is 1.65 bits per heavy atom. The van der Waals surface area contributed by atoms with Gasteiger partial charge in [0.2, 0.25) is 0 Å². The highest BCUT2D eigenvalue weighted by Gasteiger charge is 2.25. The molecule has 31 heavy (non-hydrogen) atoms. The van der Waals surface area contributed by atoms with E-state index in [9.17, 15) is 4.79 Å². The molecule has 0 fully saturated rings. The van der Waals surface area contributed by atoms with E-state index >= 15 is 0 Å². The molecular weight excluding hydrogens is 388 g/mol. The van der Waals surface area contributed by atoms with E-state index in [2.05, 4.69) is 30.3 Å². The number of benzene rings is 3. The van der Waals surface area contributed by atoms with Gasteiger partial charge in [-0.15, -0.1) is 0 Å². The second kappa shape index (κ2) is 9.25. The second-order valence-electron chi connectivity index (χ2n) is 8.15. The zero-order valence-electron chi connectivity index (χ0n) is 18.1. The lowest BCUT2D eigenvalue weighted by molar-refractivity contribution is 0.0697. The lowest BCUT2D eigenvalue weighted by Crippen LogP contribution is -2.05. The van der Waals surface area contributed by atoms with E-state index in [0.717, 1.165) is 49.2 Å². The highest BCUT2D eigenvalue weighted by molar-refractivity contribution is 5.87. The van der Waals surface area contributed by atoms with Gasteiger partial charge in [-0.25, -0.2) is 4.79 Å². The van der Waals surface area contributed by atoms with Crippen molar-refractivity contribution in [3.63, 3.8) is 0 Å². The summed E-state index contributed by atoms with van der Waals surface area (Å²) in [7, 11) is 3.37. The van der Waals surface area contributed by atoms with Crippen LogP contribution in [0.25, 0.3) is 0 Å². The number of ether oxygens (including phenoxy) is 2. The number of carbonyl (C=O) groups is 1. The maximum atomic E-state index is 11.1. The van der Waals surface area contributed by atoms with Gasteiger partial charge in [0.05, 0.1) is 19.8 Å². The Bertz CT molecular complexity index is 1050. The third-order valence-corrected chi connectivity index (χ3v) is 6.23. The molecular formula is C27H28O4. The molecule has 4 heteroatoms. The summed E-state index contributed by atoms with van der Waals surface area (Å²) < 4.78 is 10.9. The minimum atomic E-state index is -0.885. The van der Waals surface area contributed by atoms with Crippen LogP contribution in [0.3, 0.4) is 0 Å². The smallest absolute Gasteiger partial charge is 0.335 e. The van der Waals surface area contributed by atoms with Crippen LogP contribution in [0.15, 0.2) is 60.7 Å². The number of methoxy groups -OCH3 is 2. The number of hydrogen-bond acceptors (Lipinski definition) is 3. The first kappa shape index (κ1) is 21.0. The number of carboxylic acid groups (broad SMARTS) is 1. The first-order chi connectivity index (χ1) is 15.1. The second-order valence-corrected chi connectivity index (χ2v) is 8.15. The molecule has 1 aliphatic rings. The fourth-order valence-electron chi connectivity index (χ4n) is 4.67. The van der Waals surface area contributed by atoms with Crippen LogP contribution in [0, 0.1) is 0 Å². The van der Waals surface area contributed by atoms with Gasteiger partial charge in [-0.1, -0.05) is 30.3 Å². The van der Waals surface area contributed by atoms with Gasteiger partial charge in [0.1, 0.15) is 11.5 Å². The van der Waals surface area contributed by atoms with Gasteiger partial charge in [-0.3, -0.25) is 0 Å². The number of aromatic carboxylic acids is 1. The third-order valence-electron chi connectivity index (χ3n) is 6.23. The quantitative estimate of drug-likeness (QED) is 0.530. The summed E-state index contributed by atoms with van der Waals surface area (Å²) in [4.78, 5) is 11.1. The Hall–Kier alpha value is -3.27. The maximum absolute atomic E-state index is 11.1. The topological polar surface area (TPSA) is 55.8 Å². The summed E-state index contributed by atoms with van der Waals surface area (Å²) in [6, 6.07) is 20.0. The van der Waals surface area contributed by atoms with Crippen molar-refractivity contribution in [2.24, 2.45) is 0 Å². The van der Waals surface area contributed by atoms with Crippen LogP contribution in [0.4, 0.5) is 0 Å². The zero-order valence-corrected chi connectivity index (χ0v) is 18.1. The summed E-state index contributed by atoms with van der Waals surface area (Å²) >= 11 is 0. The van der Waals surface area contributed by atoms with E-state index in [1.165, 1.54) is 22.3 Å². The van der Waals surface area contributed by atoms with Gasteiger partial charge in [-0.05, 0) is 90.1 Å². The SMILES string of the molecule is COc1cc(CC2CCc3cccc(CCc4ccc(C(=O)O)cc4)c32)cc(OC)c1. The van der Waals surface area contributed by atoms with Crippen molar-refractivity contribution in [3.8, 4) is 11.5 Å². The van der Waals surface area contributed by atoms with Gasteiger partial charge in [0.15, 0.2) is 0 Å². The predicted molar refractivity (Wildman–Crippen MR) is 122 cm³/mol. The molecule has 0 saturated carbocycles. The average Bonchev–Trinajstić information content (AvgIpc) is 3.21. The Kier molecular flexibility index (Phi) is 6.26. The van der Waals surface area contributed by atoms with Crippen molar-refractivity contribution < 1.29 is 19.4 Å². The summed E-state index contributed by atoms with van der Waals surface area (Å²) in [6.07, 6.45) is 5.08. The molecule has 3 aromatic rings. The fraction of sp³-hybridized carbons (Fsp3) is 0.296. The molecule has 1 atom stereocenters. The van der Waals surface area contributed by atoms with Gasteiger partial charge in [-0.2, -0.15) is 0 Å². The molecule has 1 aliphatic carbocycles. The number of aryl methyl sites for hydroxylation is 3. The molecule has 0 bridgehead atoms. The normalized spacial score (nSPS) is 14.8. The van der Waals surface area contributed by atoms with E-state index < -0.39 is 5.97 Å². The Balaban J connectivity index is 1.53. The van der Waals surface area contributed by atoms with E-state index in [-0.39, 0.29) is 0 Å². The standard InChI is InChI=1S/C27H28O4/c1-30-24-15-19(16-25(17-24)31-2)14-23-13-12-21-5-3-4-20(26(21)23)9-6-18-7-10-22(11-8-18)27(28)29/h3-5,7-8,10-11,15-17,23H,6,9,12-14H2,1-2H3,(H,28,29). The molecule has 0 aliphatic heterocycles.